The van der Waals surface area contributed by atoms with E-state index >= 15 is 0 Å². The van der Waals surface area contributed by atoms with E-state index in [2.05, 4.69) is 19.2 Å². The summed E-state index contributed by atoms with van der Waals surface area (Å²) in [5.41, 5.74) is 5.74. The number of hydrogen-bond acceptors (Lipinski definition) is 3. The van der Waals surface area contributed by atoms with E-state index in [0.29, 0.717) is 30.4 Å². The van der Waals surface area contributed by atoms with Crippen LogP contribution in [0.25, 0.3) is 0 Å². The van der Waals surface area contributed by atoms with Gasteiger partial charge in [0, 0.05) is 12.6 Å². The zero-order valence-corrected chi connectivity index (χ0v) is 10.1. The van der Waals surface area contributed by atoms with E-state index in [0.717, 1.165) is 13.1 Å². The van der Waals surface area contributed by atoms with E-state index in [9.17, 15) is 5.11 Å². The lowest BCUT2D eigenvalue weighted by molar-refractivity contribution is 0.200. The lowest BCUT2D eigenvalue weighted by Gasteiger charge is -2.24. The van der Waals surface area contributed by atoms with Crippen molar-refractivity contribution >= 4 is 0 Å². The SMILES string of the molecule is CC(C)C(CN)CNC1CCCC1CO. The van der Waals surface area contributed by atoms with Crippen molar-refractivity contribution < 1.29 is 5.11 Å². The minimum atomic E-state index is 0.326. The van der Waals surface area contributed by atoms with Crippen molar-refractivity contribution in [2.45, 2.75) is 39.2 Å². The van der Waals surface area contributed by atoms with Gasteiger partial charge >= 0.3 is 0 Å². The molecule has 3 unspecified atom stereocenters. The van der Waals surface area contributed by atoms with E-state index in [-0.39, 0.29) is 0 Å². The first-order valence-electron chi connectivity index (χ1n) is 6.23. The second kappa shape index (κ2) is 6.46. The normalized spacial score (nSPS) is 28.6. The lowest BCUT2D eigenvalue weighted by Crippen LogP contribution is -2.40. The summed E-state index contributed by atoms with van der Waals surface area (Å²) < 4.78 is 0. The Balaban J connectivity index is 2.28. The topological polar surface area (TPSA) is 58.3 Å². The minimum Gasteiger partial charge on any atom is -0.396 e. The second-order valence-corrected chi connectivity index (χ2v) is 5.13. The molecule has 0 spiro atoms. The summed E-state index contributed by atoms with van der Waals surface area (Å²) in [5, 5.41) is 12.8. The fourth-order valence-corrected chi connectivity index (χ4v) is 2.42. The third-order valence-corrected chi connectivity index (χ3v) is 3.78. The van der Waals surface area contributed by atoms with E-state index in [1.807, 2.05) is 0 Å². The van der Waals surface area contributed by atoms with E-state index < -0.39 is 0 Å². The molecule has 15 heavy (non-hydrogen) atoms. The van der Waals surface area contributed by atoms with Crippen molar-refractivity contribution in [2.24, 2.45) is 23.5 Å². The summed E-state index contributed by atoms with van der Waals surface area (Å²) in [6.45, 7) is 6.51. The summed E-state index contributed by atoms with van der Waals surface area (Å²) in [7, 11) is 0. The van der Waals surface area contributed by atoms with Crippen LogP contribution in [-0.2, 0) is 0 Å². The molecule has 3 heteroatoms. The van der Waals surface area contributed by atoms with Crippen LogP contribution in [0.3, 0.4) is 0 Å². The van der Waals surface area contributed by atoms with Gasteiger partial charge in [-0.15, -0.1) is 0 Å². The number of aliphatic hydroxyl groups is 1. The maximum Gasteiger partial charge on any atom is 0.0474 e. The van der Waals surface area contributed by atoms with Crippen molar-refractivity contribution in [1.82, 2.24) is 5.32 Å². The highest BCUT2D eigenvalue weighted by Crippen LogP contribution is 2.25. The van der Waals surface area contributed by atoms with Gasteiger partial charge in [0.05, 0.1) is 0 Å². The third kappa shape index (κ3) is 3.74. The maximum absolute atomic E-state index is 9.20. The van der Waals surface area contributed by atoms with Crippen LogP contribution in [0.1, 0.15) is 33.1 Å². The molecule has 0 radical (unpaired) electrons. The van der Waals surface area contributed by atoms with Gasteiger partial charge in [-0.1, -0.05) is 20.3 Å². The third-order valence-electron chi connectivity index (χ3n) is 3.78. The molecule has 3 atom stereocenters. The van der Waals surface area contributed by atoms with Crippen molar-refractivity contribution in [3.05, 3.63) is 0 Å². The summed E-state index contributed by atoms with van der Waals surface area (Å²) in [6.07, 6.45) is 3.63. The van der Waals surface area contributed by atoms with Crippen LogP contribution in [0.4, 0.5) is 0 Å². The zero-order valence-electron chi connectivity index (χ0n) is 10.1. The largest absolute Gasteiger partial charge is 0.396 e. The molecule has 0 aromatic carbocycles. The number of rotatable bonds is 6. The molecule has 0 aromatic rings. The van der Waals surface area contributed by atoms with Gasteiger partial charge in [-0.2, -0.15) is 0 Å². The molecule has 1 aliphatic carbocycles. The molecule has 1 saturated carbocycles. The van der Waals surface area contributed by atoms with E-state index in [1.165, 1.54) is 19.3 Å². The van der Waals surface area contributed by atoms with Crippen molar-refractivity contribution in [3.63, 3.8) is 0 Å². The standard InChI is InChI=1S/C12H26N2O/c1-9(2)11(6-13)7-14-12-5-3-4-10(12)8-15/h9-12,14-15H,3-8,13H2,1-2H3. The molecule has 0 saturated heterocycles. The van der Waals surface area contributed by atoms with Gasteiger partial charge in [0.2, 0.25) is 0 Å². The first kappa shape index (κ1) is 12.9. The highest BCUT2D eigenvalue weighted by molar-refractivity contribution is 4.83. The molecule has 0 aliphatic heterocycles. The number of aliphatic hydroxyl groups excluding tert-OH is 1. The number of hydrogen-bond donors (Lipinski definition) is 3. The average molecular weight is 214 g/mol. The lowest BCUT2D eigenvalue weighted by atomic mass is 9.95. The summed E-state index contributed by atoms with van der Waals surface area (Å²) in [4.78, 5) is 0. The van der Waals surface area contributed by atoms with Gasteiger partial charge in [0.15, 0.2) is 0 Å². The molecular formula is C12H26N2O. The predicted octanol–water partition coefficient (Wildman–Crippen LogP) is 0.968. The zero-order chi connectivity index (χ0) is 11.3. The fourth-order valence-electron chi connectivity index (χ4n) is 2.42. The second-order valence-electron chi connectivity index (χ2n) is 5.13. The maximum atomic E-state index is 9.20. The molecule has 0 aromatic heterocycles. The van der Waals surface area contributed by atoms with E-state index in [4.69, 9.17) is 5.73 Å². The van der Waals surface area contributed by atoms with Crippen molar-refractivity contribution in [3.8, 4) is 0 Å². The molecule has 0 heterocycles. The van der Waals surface area contributed by atoms with E-state index in [1.54, 1.807) is 0 Å². The molecule has 4 N–H and O–H groups in total. The first-order valence-corrected chi connectivity index (χ1v) is 6.23. The Kier molecular flexibility index (Phi) is 5.58. The monoisotopic (exact) mass is 214 g/mol. The van der Waals surface area contributed by atoms with Crippen LogP contribution >= 0.6 is 0 Å². The molecule has 90 valence electrons. The van der Waals surface area contributed by atoms with Gasteiger partial charge in [0.1, 0.15) is 0 Å². The Labute approximate surface area is 93.4 Å². The van der Waals surface area contributed by atoms with Crippen LogP contribution in [0.15, 0.2) is 0 Å². The Bertz CT molecular complexity index is 173. The van der Waals surface area contributed by atoms with Gasteiger partial charge in [-0.3, -0.25) is 0 Å². The average Bonchev–Trinajstić information content (AvgIpc) is 2.65. The Morgan fingerprint density at radius 1 is 1.40 bits per heavy atom. The van der Waals surface area contributed by atoms with Gasteiger partial charge in [-0.05, 0) is 43.7 Å². The van der Waals surface area contributed by atoms with Crippen LogP contribution in [0.5, 0.6) is 0 Å². The summed E-state index contributed by atoms with van der Waals surface area (Å²) in [5.74, 6) is 1.66. The molecule has 1 rings (SSSR count). The molecule has 3 nitrogen and oxygen atoms in total. The van der Waals surface area contributed by atoms with Crippen molar-refractivity contribution in [2.75, 3.05) is 19.7 Å². The molecule has 0 bridgehead atoms. The fraction of sp³-hybridized carbons (Fsp3) is 1.00. The smallest absolute Gasteiger partial charge is 0.0474 e. The Morgan fingerprint density at radius 3 is 2.67 bits per heavy atom. The molecular weight excluding hydrogens is 188 g/mol. The number of nitrogens with two attached hydrogens (primary N) is 1. The van der Waals surface area contributed by atoms with Crippen LogP contribution in [0, 0.1) is 17.8 Å². The van der Waals surface area contributed by atoms with Gasteiger partial charge in [-0.25, -0.2) is 0 Å². The highest BCUT2D eigenvalue weighted by atomic mass is 16.3. The Morgan fingerprint density at radius 2 is 2.13 bits per heavy atom. The summed E-state index contributed by atoms with van der Waals surface area (Å²) in [6, 6.07) is 0.516. The molecule has 0 amide bonds. The molecule has 1 fully saturated rings. The highest BCUT2D eigenvalue weighted by Gasteiger charge is 2.26. The van der Waals surface area contributed by atoms with Gasteiger partial charge in [0.25, 0.3) is 0 Å². The minimum absolute atomic E-state index is 0.326. The quantitative estimate of drug-likeness (QED) is 0.617. The van der Waals surface area contributed by atoms with Crippen LogP contribution in [0.2, 0.25) is 0 Å². The van der Waals surface area contributed by atoms with Crippen molar-refractivity contribution in [1.29, 1.82) is 0 Å². The number of nitrogens with one attached hydrogen (secondary N) is 1. The summed E-state index contributed by atoms with van der Waals surface area (Å²) >= 11 is 0. The van der Waals surface area contributed by atoms with Gasteiger partial charge < -0.3 is 16.2 Å². The molecule has 1 aliphatic rings. The first-order chi connectivity index (χ1) is 7.19. The van der Waals surface area contributed by atoms with Crippen LogP contribution < -0.4 is 11.1 Å². The van der Waals surface area contributed by atoms with Crippen LogP contribution in [-0.4, -0.2) is 30.8 Å². The predicted molar refractivity (Wildman–Crippen MR) is 63.6 cm³/mol. The Hall–Kier alpha value is -0.120.